The van der Waals surface area contributed by atoms with Gasteiger partial charge in [-0.3, -0.25) is 0 Å². The van der Waals surface area contributed by atoms with Crippen LogP contribution >= 0.6 is 11.3 Å². The molecule has 78 valence electrons. The van der Waals surface area contributed by atoms with E-state index in [1.807, 2.05) is 0 Å². The number of nitrogens with two attached hydrogens (primary N) is 1. The number of nitrogens with zero attached hydrogens (tertiary/aromatic N) is 2. The largest absolute Gasteiger partial charge is 0.374 e. The molecule has 2 rings (SSSR count). The number of anilines is 1. The summed E-state index contributed by atoms with van der Waals surface area (Å²) in [5.41, 5.74) is 9.40. The molecule has 2 N–H and O–H groups in total. The summed E-state index contributed by atoms with van der Waals surface area (Å²) in [6.45, 7) is 4.20. The van der Waals surface area contributed by atoms with Crippen LogP contribution in [0.3, 0.4) is 0 Å². The Morgan fingerprint density at radius 1 is 1.27 bits per heavy atom. The molecule has 0 aliphatic rings. The van der Waals surface area contributed by atoms with E-state index >= 15 is 0 Å². The van der Waals surface area contributed by atoms with Crippen LogP contribution in [0.4, 0.5) is 5.13 Å². The summed E-state index contributed by atoms with van der Waals surface area (Å²) >= 11 is 1.45. The topological polar surface area (TPSA) is 51.8 Å². The van der Waals surface area contributed by atoms with Crippen LogP contribution in [-0.4, -0.2) is 10.2 Å². The monoisotopic (exact) mass is 219 g/mol. The molecule has 0 amide bonds. The van der Waals surface area contributed by atoms with Gasteiger partial charge in [-0.2, -0.15) is 0 Å². The highest BCUT2D eigenvalue weighted by atomic mass is 32.1. The van der Waals surface area contributed by atoms with Crippen molar-refractivity contribution in [2.75, 3.05) is 5.73 Å². The normalized spacial score (nSPS) is 10.5. The second-order valence-corrected chi connectivity index (χ2v) is 4.73. The van der Waals surface area contributed by atoms with Gasteiger partial charge in [0.25, 0.3) is 0 Å². The number of hydrogen-bond donors (Lipinski definition) is 1. The smallest absolute Gasteiger partial charge is 0.203 e. The van der Waals surface area contributed by atoms with Crippen molar-refractivity contribution in [1.29, 1.82) is 0 Å². The minimum Gasteiger partial charge on any atom is -0.374 e. The molecule has 1 aromatic heterocycles. The third-order valence-electron chi connectivity index (χ3n) is 2.33. The highest BCUT2D eigenvalue weighted by Gasteiger charge is 2.05. The van der Waals surface area contributed by atoms with Crippen LogP contribution in [0.5, 0.6) is 0 Å². The van der Waals surface area contributed by atoms with Gasteiger partial charge in [-0.1, -0.05) is 35.1 Å². The average molecular weight is 219 g/mol. The quantitative estimate of drug-likeness (QED) is 0.843. The van der Waals surface area contributed by atoms with Crippen molar-refractivity contribution in [2.45, 2.75) is 20.3 Å². The van der Waals surface area contributed by atoms with Crippen LogP contribution in [0.1, 0.15) is 21.7 Å². The summed E-state index contributed by atoms with van der Waals surface area (Å²) in [7, 11) is 0. The Balaban J connectivity index is 2.27. The molecule has 1 aromatic carbocycles. The predicted molar refractivity (Wildman–Crippen MR) is 63.0 cm³/mol. The molecule has 1 heterocycles. The third kappa shape index (κ3) is 2.33. The lowest BCUT2D eigenvalue weighted by molar-refractivity contribution is 1.00. The number of aromatic nitrogens is 2. The van der Waals surface area contributed by atoms with E-state index in [0.29, 0.717) is 5.13 Å². The number of hydrogen-bond acceptors (Lipinski definition) is 4. The maximum atomic E-state index is 5.55. The first-order chi connectivity index (χ1) is 7.15. The first-order valence-electron chi connectivity index (χ1n) is 4.79. The molecule has 0 unspecified atom stereocenters. The number of rotatable bonds is 2. The molecular weight excluding hydrogens is 206 g/mol. The second-order valence-electron chi connectivity index (χ2n) is 3.64. The maximum absolute atomic E-state index is 5.55. The molecule has 15 heavy (non-hydrogen) atoms. The summed E-state index contributed by atoms with van der Waals surface area (Å²) in [4.78, 5) is 0. The fourth-order valence-electron chi connectivity index (χ4n) is 1.49. The Kier molecular flexibility index (Phi) is 2.68. The fourth-order valence-corrected chi connectivity index (χ4v) is 2.12. The van der Waals surface area contributed by atoms with Crippen LogP contribution in [0, 0.1) is 13.8 Å². The van der Waals surface area contributed by atoms with E-state index in [1.54, 1.807) is 0 Å². The number of benzene rings is 1. The molecule has 0 radical (unpaired) electrons. The van der Waals surface area contributed by atoms with Gasteiger partial charge in [0.2, 0.25) is 5.13 Å². The summed E-state index contributed by atoms with van der Waals surface area (Å²) in [5, 5.41) is 9.35. The number of nitrogen functional groups attached to an aromatic ring is 1. The molecule has 0 fully saturated rings. The zero-order chi connectivity index (χ0) is 10.8. The van der Waals surface area contributed by atoms with Crippen molar-refractivity contribution in [3.05, 3.63) is 39.9 Å². The van der Waals surface area contributed by atoms with E-state index in [0.717, 1.165) is 11.4 Å². The van der Waals surface area contributed by atoms with E-state index in [4.69, 9.17) is 5.73 Å². The van der Waals surface area contributed by atoms with Crippen molar-refractivity contribution in [3.8, 4) is 0 Å². The SMILES string of the molecule is Cc1ccc(C)c(Cc2nnc(N)s2)c1. The van der Waals surface area contributed by atoms with Crippen molar-refractivity contribution in [3.63, 3.8) is 0 Å². The molecule has 0 aliphatic carbocycles. The Bertz CT molecular complexity index is 476. The van der Waals surface area contributed by atoms with Crippen LogP contribution < -0.4 is 5.73 Å². The highest BCUT2D eigenvalue weighted by Crippen LogP contribution is 2.19. The van der Waals surface area contributed by atoms with Gasteiger partial charge < -0.3 is 5.73 Å². The molecule has 3 nitrogen and oxygen atoms in total. The summed E-state index contributed by atoms with van der Waals surface area (Å²) in [5.74, 6) is 0. The Morgan fingerprint density at radius 3 is 2.73 bits per heavy atom. The molecule has 2 aromatic rings. The lowest BCUT2D eigenvalue weighted by Gasteiger charge is -2.04. The molecule has 0 saturated carbocycles. The molecular formula is C11H13N3S. The van der Waals surface area contributed by atoms with Gasteiger partial charge in [-0.25, -0.2) is 0 Å². The fraction of sp³-hybridized carbons (Fsp3) is 0.273. The lowest BCUT2D eigenvalue weighted by Crippen LogP contribution is -1.92. The van der Waals surface area contributed by atoms with E-state index in [9.17, 15) is 0 Å². The van der Waals surface area contributed by atoms with Gasteiger partial charge in [-0.15, -0.1) is 10.2 Å². The van der Waals surface area contributed by atoms with Crippen molar-refractivity contribution in [2.24, 2.45) is 0 Å². The Morgan fingerprint density at radius 2 is 2.07 bits per heavy atom. The molecule has 0 spiro atoms. The maximum Gasteiger partial charge on any atom is 0.203 e. The lowest BCUT2D eigenvalue weighted by atomic mass is 10.0. The molecule has 0 saturated heterocycles. The van der Waals surface area contributed by atoms with E-state index < -0.39 is 0 Å². The minimum absolute atomic E-state index is 0.537. The zero-order valence-corrected chi connectivity index (χ0v) is 9.64. The van der Waals surface area contributed by atoms with Crippen LogP contribution in [0.2, 0.25) is 0 Å². The standard InChI is InChI=1S/C11H13N3S/c1-7-3-4-8(2)9(5-7)6-10-13-14-11(12)15-10/h3-5H,6H2,1-2H3,(H2,12,14). The van der Waals surface area contributed by atoms with Crippen molar-refractivity contribution in [1.82, 2.24) is 10.2 Å². The van der Waals surface area contributed by atoms with Gasteiger partial charge in [-0.05, 0) is 25.0 Å². The molecule has 0 bridgehead atoms. The minimum atomic E-state index is 0.537. The van der Waals surface area contributed by atoms with Gasteiger partial charge >= 0.3 is 0 Å². The van der Waals surface area contributed by atoms with E-state index in [1.165, 1.54) is 28.0 Å². The van der Waals surface area contributed by atoms with E-state index in [2.05, 4.69) is 42.2 Å². The third-order valence-corrected chi connectivity index (χ3v) is 3.08. The second kappa shape index (κ2) is 3.98. The van der Waals surface area contributed by atoms with Crippen molar-refractivity contribution >= 4 is 16.5 Å². The first kappa shape index (κ1) is 10.1. The zero-order valence-electron chi connectivity index (χ0n) is 8.82. The van der Waals surface area contributed by atoms with Gasteiger partial charge in [0.05, 0.1) is 0 Å². The van der Waals surface area contributed by atoms with Gasteiger partial charge in [0.1, 0.15) is 5.01 Å². The average Bonchev–Trinajstić information content (AvgIpc) is 2.58. The Hall–Kier alpha value is -1.42. The first-order valence-corrected chi connectivity index (χ1v) is 5.61. The summed E-state index contributed by atoms with van der Waals surface area (Å²) in [6.07, 6.45) is 0.822. The Labute approximate surface area is 93.0 Å². The number of aryl methyl sites for hydroxylation is 2. The van der Waals surface area contributed by atoms with Crippen LogP contribution in [0.25, 0.3) is 0 Å². The van der Waals surface area contributed by atoms with E-state index in [-0.39, 0.29) is 0 Å². The van der Waals surface area contributed by atoms with Crippen molar-refractivity contribution < 1.29 is 0 Å². The summed E-state index contributed by atoms with van der Waals surface area (Å²) < 4.78 is 0. The highest BCUT2D eigenvalue weighted by molar-refractivity contribution is 7.15. The predicted octanol–water partition coefficient (Wildman–Crippen LogP) is 2.33. The molecule has 0 aliphatic heterocycles. The van der Waals surface area contributed by atoms with Crippen LogP contribution in [-0.2, 0) is 6.42 Å². The summed E-state index contributed by atoms with van der Waals surface area (Å²) in [6, 6.07) is 6.44. The molecule has 4 heteroatoms. The van der Waals surface area contributed by atoms with Gasteiger partial charge in [0.15, 0.2) is 0 Å². The van der Waals surface area contributed by atoms with Gasteiger partial charge in [0, 0.05) is 6.42 Å². The molecule has 0 atom stereocenters. The van der Waals surface area contributed by atoms with Crippen LogP contribution in [0.15, 0.2) is 18.2 Å².